The first-order valence-corrected chi connectivity index (χ1v) is 12.3. The predicted molar refractivity (Wildman–Crippen MR) is 134 cm³/mol. The fourth-order valence-corrected chi connectivity index (χ4v) is 4.88. The molecule has 3 amide bonds. The van der Waals surface area contributed by atoms with E-state index >= 15 is 0 Å². The van der Waals surface area contributed by atoms with Crippen molar-refractivity contribution in [3.05, 3.63) is 58.6 Å². The lowest BCUT2D eigenvalue weighted by molar-refractivity contribution is -0.125. The van der Waals surface area contributed by atoms with E-state index in [1.807, 2.05) is 38.1 Å². The highest BCUT2D eigenvalue weighted by atomic mass is 35.5. The van der Waals surface area contributed by atoms with Gasteiger partial charge in [0.25, 0.3) is 5.91 Å². The maximum Gasteiger partial charge on any atom is 0.253 e. The van der Waals surface area contributed by atoms with Gasteiger partial charge in [0, 0.05) is 36.8 Å². The number of benzene rings is 2. The number of carbonyl (C=O) groups is 3. The second kappa shape index (κ2) is 10.5. The predicted octanol–water partition coefficient (Wildman–Crippen LogP) is 3.84. The summed E-state index contributed by atoms with van der Waals surface area (Å²) >= 11 is 5.93. The molecule has 1 saturated heterocycles. The van der Waals surface area contributed by atoms with Crippen molar-refractivity contribution in [2.45, 2.75) is 45.7 Å². The Balaban J connectivity index is 1.60. The number of halogens is 1. The van der Waals surface area contributed by atoms with E-state index in [1.54, 1.807) is 28.0 Å². The van der Waals surface area contributed by atoms with Crippen LogP contribution in [0.2, 0.25) is 5.02 Å². The van der Waals surface area contributed by atoms with Gasteiger partial charge in [0.1, 0.15) is 12.6 Å². The van der Waals surface area contributed by atoms with Gasteiger partial charge >= 0.3 is 0 Å². The zero-order chi connectivity index (χ0) is 24.2. The summed E-state index contributed by atoms with van der Waals surface area (Å²) in [5.74, 6) is -0.409. The van der Waals surface area contributed by atoms with Crippen molar-refractivity contribution in [1.29, 1.82) is 0 Å². The van der Waals surface area contributed by atoms with Crippen molar-refractivity contribution in [2.24, 2.45) is 0 Å². The fraction of sp³-hybridized carbons (Fsp3) is 0.423. The molecule has 34 heavy (non-hydrogen) atoms. The Labute approximate surface area is 205 Å². The van der Waals surface area contributed by atoms with E-state index < -0.39 is 0 Å². The molecule has 8 heteroatoms. The number of nitrogens with one attached hydrogen (secondary N) is 1. The number of nitrogens with zero attached hydrogens (tertiary/aromatic N) is 3. The molecule has 4 rings (SSSR count). The SMILES string of the molecule is CCN(CC)C(=O)c1ccc2c(c1)N(CC(=O)NCc1ccc(Cl)cc1)C(=O)[C@H]1CCCCN21. The Morgan fingerprint density at radius 2 is 1.79 bits per heavy atom. The Bertz CT molecular complexity index is 1070. The van der Waals surface area contributed by atoms with Crippen LogP contribution >= 0.6 is 11.6 Å². The van der Waals surface area contributed by atoms with Gasteiger partial charge in [-0.25, -0.2) is 0 Å². The van der Waals surface area contributed by atoms with E-state index in [4.69, 9.17) is 11.6 Å². The highest BCUT2D eigenvalue weighted by molar-refractivity contribution is 6.30. The molecule has 7 nitrogen and oxygen atoms in total. The van der Waals surface area contributed by atoms with Crippen LogP contribution in [-0.2, 0) is 16.1 Å². The van der Waals surface area contributed by atoms with Gasteiger partial charge in [-0.1, -0.05) is 23.7 Å². The molecule has 0 unspecified atom stereocenters. The van der Waals surface area contributed by atoms with Crippen molar-refractivity contribution < 1.29 is 14.4 Å². The second-order valence-corrected chi connectivity index (χ2v) is 9.15. The number of hydrogen-bond donors (Lipinski definition) is 1. The van der Waals surface area contributed by atoms with Crippen molar-refractivity contribution in [3.8, 4) is 0 Å². The van der Waals surface area contributed by atoms with Gasteiger partial charge in [-0.05, 0) is 69.0 Å². The van der Waals surface area contributed by atoms with E-state index in [-0.39, 0.29) is 30.3 Å². The average Bonchev–Trinajstić information content (AvgIpc) is 2.86. The summed E-state index contributed by atoms with van der Waals surface area (Å²) in [7, 11) is 0. The molecule has 2 aromatic rings. The minimum absolute atomic E-state index is 0.0758. The third-order valence-electron chi connectivity index (χ3n) is 6.63. The van der Waals surface area contributed by atoms with Gasteiger partial charge in [-0.3, -0.25) is 19.3 Å². The van der Waals surface area contributed by atoms with Crippen molar-refractivity contribution in [3.63, 3.8) is 0 Å². The summed E-state index contributed by atoms with van der Waals surface area (Å²) in [5, 5.41) is 3.54. The molecule has 2 aromatic carbocycles. The molecule has 2 aliphatic rings. The number of hydrogen-bond acceptors (Lipinski definition) is 4. The fourth-order valence-electron chi connectivity index (χ4n) is 4.75. The number of carbonyl (C=O) groups excluding carboxylic acids is 3. The van der Waals surface area contributed by atoms with Crippen LogP contribution in [0.3, 0.4) is 0 Å². The van der Waals surface area contributed by atoms with Crippen LogP contribution in [0.4, 0.5) is 11.4 Å². The summed E-state index contributed by atoms with van der Waals surface area (Å²) in [6, 6.07) is 12.5. The van der Waals surface area contributed by atoms with Crippen molar-refractivity contribution in [1.82, 2.24) is 10.2 Å². The summed E-state index contributed by atoms with van der Waals surface area (Å²) in [4.78, 5) is 44.8. The van der Waals surface area contributed by atoms with E-state index in [0.29, 0.717) is 35.9 Å². The zero-order valence-electron chi connectivity index (χ0n) is 19.7. The summed E-state index contributed by atoms with van der Waals surface area (Å²) in [5.41, 5.74) is 2.99. The van der Waals surface area contributed by atoms with Gasteiger partial charge in [0.05, 0.1) is 11.4 Å². The summed E-state index contributed by atoms with van der Waals surface area (Å²) < 4.78 is 0. The third kappa shape index (κ3) is 4.89. The van der Waals surface area contributed by atoms with Crippen LogP contribution in [0.1, 0.15) is 49.0 Å². The van der Waals surface area contributed by atoms with Gasteiger partial charge < -0.3 is 15.1 Å². The Hall–Kier alpha value is -3.06. The minimum atomic E-state index is -0.269. The number of fused-ring (bicyclic) bond motifs is 3. The molecule has 1 N–H and O–H groups in total. The summed E-state index contributed by atoms with van der Waals surface area (Å²) in [6.45, 7) is 6.15. The molecule has 2 heterocycles. The van der Waals surface area contributed by atoms with Gasteiger partial charge in [0.15, 0.2) is 0 Å². The third-order valence-corrected chi connectivity index (χ3v) is 6.88. The van der Waals surface area contributed by atoms with Crippen molar-refractivity contribution >= 4 is 40.7 Å². The number of amides is 3. The van der Waals surface area contributed by atoms with Crippen LogP contribution in [-0.4, -0.2) is 54.8 Å². The van der Waals surface area contributed by atoms with Gasteiger partial charge in [-0.15, -0.1) is 0 Å². The van der Waals surface area contributed by atoms with Crippen LogP contribution in [0.25, 0.3) is 0 Å². The molecule has 0 aliphatic carbocycles. The lowest BCUT2D eigenvalue weighted by atomic mass is 9.95. The number of piperidine rings is 1. The highest BCUT2D eigenvalue weighted by Gasteiger charge is 2.40. The average molecular weight is 483 g/mol. The number of rotatable bonds is 7. The van der Waals surface area contributed by atoms with Crippen molar-refractivity contribution in [2.75, 3.05) is 36.0 Å². The van der Waals surface area contributed by atoms with E-state index in [9.17, 15) is 14.4 Å². The quantitative estimate of drug-likeness (QED) is 0.650. The molecule has 0 saturated carbocycles. The highest BCUT2D eigenvalue weighted by Crippen LogP contribution is 2.40. The Morgan fingerprint density at radius 3 is 2.50 bits per heavy atom. The monoisotopic (exact) mass is 482 g/mol. The molecule has 0 radical (unpaired) electrons. The lowest BCUT2D eigenvalue weighted by Crippen LogP contribution is -2.57. The van der Waals surface area contributed by atoms with Crippen LogP contribution in [0.5, 0.6) is 0 Å². The van der Waals surface area contributed by atoms with E-state index in [2.05, 4.69) is 10.2 Å². The standard InChI is InChI=1S/C26H31ClN4O3/c1-3-29(4-2)25(33)19-10-13-21-23(15-19)31(26(34)22-7-5-6-14-30(21)22)17-24(32)28-16-18-8-11-20(27)12-9-18/h8-13,15,22H,3-7,14,16-17H2,1-2H3,(H,28,32)/t22-/m1/s1. The lowest BCUT2D eigenvalue weighted by Gasteiger charge is -2.45. The number of anilines is 2. The first-order chi connectivity index (χ1) is 16.4. The van der Waals surface area contributed by atoms with E-state index in [1.165, 1.54) is 0 Å². The van der Waals surface area contributed by atoms with E-state index in [0.717, 1.165) is 37.1 Å². The molecule has 180 valence electrons. The molecule has 0 spiro atoms. The van der Waals surface area contributed by atoms with Crippen LogP contribution in [0.15, 0.2) is 42.5 Å². The molecule has 0 aromatic heterocycles. The largest absolute Gasteiger partial charge is 0.358 e. The minimum Gasteiger partial charge on any atom is -0.358 e. The topological polar surface area (TPSA) is 73.0 Å². The smallest absolute Gasteiger partial charge is 0.253 e. The first-order valence-electron chi connectivity index (χ1n) is 12.0. The molecular formula is C26H31ClN4O3. The molecule has 1 atom stereocenters. The van der Waals surface area contributed by atoms with Crippen LogP contribution < -0.4 is 15.1 Å². The summed E-state index contributed by atoms with van der Waals surface area (Å²) in [6.07, 6.45) is 2.77. The molecule has 1 fully saturated rings. The van der Waals surface area contributed by atoms with Gasteiger partial charge in [0.2, 0.25) is 11.8 Å². The van der Waals surface area contributed by atoms with Gasteiger partial charge in [-0.2, -0.15) is 0 Å². The maximum atomic E-state index is 13.5. The van der Waals surface area contributed by atoms with Crippen LogP contribution in [0, 0.1) is 0 Å². The Kier molecular flexibility index (Phi) is 7.41. The molecular weight excluding hydrogens is 452 g/mol. The Morgan fingerprint density at radius 1 is 1.06 bits per heavy atom. The second-order valence-electron chi connectivity index (χ2n) is 8.71. The first kappa shape index (κ1) is 24.1. The maximum absolute atomic E-state index is 13.5. The normalized spacial score (nSPS) is 17.1. The molecule has 0 bridgehead atoms. The zero-order valence-corrected chi connectivity index (χ0v) is 20.5. The molecule has 2 aliphatic heterocycles.